The van der Waals surface area contributed by atoms with Gasteiger partial charge in [-0.3, -0.25) is 4.98 Å². The molecular weight excluding hydrogens is 316 g/mol. The van der Waals surface area contributed by atoms with Gasteiger partial charge in [-0.15, -0.1) is 0 Å². The second kappa shape index (κ2) is 8.15. The summed E-state index contributed by atoms with van der Waals surface area (Å²) in [5.74, 6) is 0. The van der Waals surface area contributed by atoms with Gasteiger partial charge in [0.05, 0.1) is 6.10 Å². The van der Waals surface area contributed by atoms with Crippen LogP contribution in [0.4, 0.5) is 0 Å². The molecule has 3 nitrogen and oxygen atoms in total. The largest absolute Gasteiger partial charge is 0.387 e. The molecule has 1 unspecified atom stereocenters. The number of benzene rings is 1. The van der Waals surface area contributed by atoms with Gasteiger partial charge in [0.15, 0.2) is 0 Å². The van der Waals surface area contributed by atoms with E-state index in [4.69, 9.17) is 0 Å². The quantitative estimate of drug-likeness (QED) is 0.765. The zero-order chi connectivity index (χ0) is 14.2. The molecule has 4 heteroatoms. The van der Waals surface area contributed by atoms with Crippen LogP contribution in [-0.4, -0.2) is 23.2 Å². The standard InChI is InChI=1S/C16H19BrN2O/c17-15-7-5-13(6-8-15)3-1-9-19-12-16(20)14-4-2-10-18-11-14/h2,4-8,10-11,16,19-20H,1,3,9,12H2. The number of aliphatic hydroxyl groups is 1. The highest BCUT2D eigenvalue weighted by atomic mass is 79.9. The Hall–Kier alpha value is -1.23. The lowest BCUT2D eigenvalue weighted by Crippen LogP contribution is -2.22. The summed E-state index contributed by atoms with van der Waals surface area (Å²) in [6, 6.07) is 12.1. The maximum atomic E-state index is 9.96. The summed E-state index contributed by atoms with van der Waals surface area (Å²) in [6.45, 7) is 1.46. The first kappa shape index (κ1) is 15.2. The van der Waals surface area contributed by atoms with Crippen LogP contribution in [0.25, 0.3) is 0 Å². The molecule has 0 radical (unpaired) electrons. The number of nitrogens with one attached hydrogen (secondary N) is 1. The minimum Gasteiger partial charge on any atom is -0.387 e. The highest BCUT2D eigenvalue weighted by molar-refractivity contribution is 9.10. The minimum absolute atomic E-state index is 0.489. The highest BCUT2D eigenvalue weighted by Crippen LogP contribution is 2.12. The number of hydrogen-bond acceptors (Lipinski definition) is 3. The molecule has 2 rings (SSSR count). The van der Waals surface area contributed by atoms with E-state index in [2.05, 4.69) is 50.5 Å². The Morgan fingerprint density at radius 2 is 2.00 bits per heavy atom. The van der Waals surface area contributed by atoms with Crippen molar-refractivity contribution in [3.63, 3.8) is 0 Å². The van der Waals surface area contributed by atoms with Crippen LogP contribution in [0.1, 0.15) is 23.7 Å². The van der Waals surface area contributed by atoms with Crippen LogP contribution in [0.5, 0.6) is 0 Å². The van der Waals surface area contributed by atoms with E-state index in [9.17, 15) is 5.11 Å². The molecule has 0 aliphatic rings. The van der Waals surface area contributed by atoms with E-state index < -0.39 is 6.10 Å². The molecule has 0 aliphatic heterocycles. The van der Waals surface area contributed by atoms with Gasteiger partial charge in [-0.05, 0) is 43.1 Å². The summed E-state index contributed by atoms with van der Waals surface area (Å²) in [5.41, 5.74) is 2.19. The molecule has 0 aliphatic carbocycles. The van der Waals surface area contributed by atoms with Crippen molar-refractivity contribution in [2.24, 2.45) is 0 Å². The predicted molar refractivity (Wildman–Crippen MR) is 84.5 cm³/mol. The van der Waals surface area contributed by atoms with Crippen LogP contribution in [0.2, 0.25) is 0 Å². The molecule has 2 N–H and O–H groups in total. The second-order valence-corrected chi connectivity index (χ2v) is 5.65. The SMILES string of the molecule is OC(CNCCCc1ccc(Br)cc1)c1cccnc1. The Bertz CT molecular complexity index is 502. The van der Waals surface area contributed by atoms with Crippen molar-refractivity contribution >= 4 is 15.9 Å². The van der Waals surface area contributed by atoms with Gasteiger partial charge < -0.3 is 10.4 Å². The third kappa shape index (κ3) is 5.04. The zero-order valence-electron chi connectivity index (χ0n) is 11.3. The van der Waals surface area contributed by atoms with Crippen LogP contribution < -0.4 is 5.32 Å². The van der Waals surface area contributed by atoms with Gasteiger partial charge in [0, 0.05) is 29.0 Å². The first-order valence-corrected chi connectivity index (χ1v) is 7.58. The first-order valence-electron chi connectivity index (χ1n) is 6.79. The van der Waals surface area contributed by atoms with Crippen molar-refractivity contribution in [1.29, 1.82) is 0 Å². The van der Waals surface area contributed by atoms with Crippen molar-refractivity contribution in [1.82, 2.24) is 10.3 Å². The summed E-state index contributed by atoms with van der Waals surface area (Å²) in [7, 11) is 0. The molecule has 0 bridgehead atoms. The number of aromatic nitrogens is 1. The molecule has 0 spiro atoms. The molecular formula is C16H19BrN2O. The van der Waals surface area contributed by atoms with Gasteiger partial charge in [-0.25, -0.2) is 0 Å². The molecule has 0 amide bonds. The van der Waals surface area contributed by atoms with Gasteiger partial charge in [-0.2, -0.15) is 0 Å². The van der Waals surface area contributed by atoms with Gasteiger partial charge >= 0.3 is 0 Å². The summed E-state index contributed by atoms with van der Waals surface area (Å²) >= 11 is 3.43. The fraction of sp³-hybridized carbons (Fsp3) is 0.312. The molecule has 20 heavy (non-hydrogen) atoms. The Morgan fingerprint density at radius 3 is 2.70 bits per heavy atom. The van der Waals surface area contributed by atoms with E-state index in [0.717, 1.165) is 29.4 Å². The van der Waals surface area contributed by atoms with E-state index in [0.29, 0.717) is 6.54 Å². The summed E-state index contributed by atoms with van der Waals surface area (Å²) < 4.78 is 1.11. The lowest BCUT2D eigenvalue weighted by molar-refractivity contribution is 0.174. The molecule has 0 saturated carbocycles. The first-order chi connectivity index (χ1) is 9.75. The Kier molecular flexibility index (Phi) is 6.18. The van der Waals surface area contributed by atoms with Crippen molar-refractivity contribution in [3.8, 4) is 0 Å². The maximum absolute atomic E-state index is 9.96. The van der Waals surface area contributed by atoms with Crippen molar-refractivity contribution in [2.45, 2.75) is 18.9 Å². The molecule has 0 fully saturated rings. The summed E-state index contributed by atoms with van der Waals surface area (Å²) in [4.78, 5) is 4.01. The number of nitrogens with zero attached hydrogens (tertiary/aromatic N) is 1. The Morgan fingerprint density at radius 1 is 1.20 bits per heavy atom. The fourth-order valence-corrected chi connectivity index (χ4v) is 2.26. The smallest absolute Gasteiger partial charge is 0.0929 e. The van der Waals surface area contributed by atoms with Crippen LogP contribution in [0, 0.1) is 0 Å². The third-order valence-corrected chi connectivity index (χ3v) is 3.67. The van der Waals surface area contributed by atoms with Crippen molar-refractivity contribution in [3.05, 3.63) is 64.4 Å². The minimum atomic E-state index is -0.489. The average molecular weight is 335 g/mol. The number of aliphatic hydroxyl groups excluding tert-OH is 1. The van der Waals surface area contributed by atoms with E-state index >= 15 is 0 Å². The van der Waals surface area contributed by atoms with Crippen LogP contribution in [0.15, 0.2) is 53.3 Å². The van der Waals surface area contributed by atoms with Crippen molar-refractivity contribution in [2.75, 3.05) is 13.1 Å². The number of hydrogen-bond donors (Lipinski definition) is 2. The normalized spacial score (nSPS) is 12.3. The van der Waals surface area contributed by atoms with E-state index in [1.807, 2.05) is 12.1 Å². The molecule has 1 aromatic heterocycles. The van der Waals surface area contributed by atoms with Gasteiger partial charge in [0.2, 0.25) is 0 Å². The van der Waals surface area contributed by atoms with Crippen LogP contribution >= 0.6 is 15.9 Å². The number of pyridine rings is 1. The molecule has 1 heterocycles. The summed E-state index contributed by atoms with van der Waals surface area (Å²) in [5, 5.41) is 13.2. The Balaban J connectivity index is 1.63. The molecule has 0 saturated heterocycles. The molecule has 106 valence electrons. The van der Waals surface area contributed by atoms with Gasteiger partial charge in [0.25, 0.3) is 0 Å². The van der Waals surface area contributed by atoms with Gasteiger partial charge in [0.1, 0.15) is 0 Å². The fourth-order valence-electron chi connectivity index (χ4n) is 2.00. The average Bonchev–Trinajstić information content (AvgIpc) is 2.49. The zero-order valence-corrected chi connectivity index (χ0v) is 12.9. The van der Waals surface area contributed by atoms with Crippen molar-refractivity contribution < 1.29 is 5.11 Å². The third-order valence-electron chi connectivity index (χ3n) is 3.14. The molecule has 1 aromatic carbocycles. The maximum Gasteiger partial charge on any atom is 0.0929 e. The van der Waals surface area contributed by atoms with E-state index in [-0.39, 0.29) is 0 Å². The molecule has 1 atom stereocenters. The van der Waals surface area contributed by atoms with Gasteiger partial charge in [-0.1, -0.05) is 34.1 Å². The number of rotatable bonds is 7. The molecule has 2 aromatic rings. The monoisotopic (exact) mass is 334 g/mol. The summed E-state index contributed by atoms with van der Waals surface area (Å²) in [6.07, 6.45) is 5.03. The topological polar surface area (TPSA) is 45.1 Å². The van der Waals surface area contributed by atoms with E-state index in [1.165, 1.54) is 5.56 Å². The van der Waals surface area contributed by atoms with Crippen LogP contribution in [-0.2, 0) is 6.42 Å². The lowest BCUT2D eigenvalue weighted by Gasteiger charge is -2.11. The van der Waals surface area contributed by atoms with Crippen LogP contribution in [0.3, 0.4) is 0 Å². The number of aryl methyl sites for hydroxylation is 1. The Labute approximate surface area is 128 Å². The number of halogens is 1. The van der Waals surface area contributed by atoms with E-state index in [1.54, 1.807) is 12.4 Å². The highest BCUT2D eigenvalue weighted by Gasteiger charge is 2.05. The second-order valence-electron chi connectivity index (χ2n) is 4.74. The predicted octanol–water partition coefficient (Wildman–Crippen LogP) is 3.10. The lowest BCUT2D eigenvalue weighted by atomic mass is 10.1.